The van der Waals surface area contributed by atoms with Gasteiger partial charge in [-0.2, -0.15) is 10.1 Å². The number of hydrogen-bond acceptors (Lipinski definition) is 4. The Hall–Kier alpha value is -1.92. The third kappa shape index (κ3) is 3.59. The van der Waals surface area contributed by atoms with Crippen LogP contribution in [0.5, 0.6) is 0 Å². The number of piperidine rings is 1. The van der Waals surface area contributed by atoms with Gasteiger partial charge < -0.3 is 4.90 Å². The number of hydrogen-bond donors (Lipinski definition) is 1. The van der Waals surface area contributed by atoms with Crippen LogP contribution in [0.1, 0.15) is 33.1 Å². The quantitative estimate of drug-likeness (QED) is 0.899. The van der Waals surface area contributed by atoms with Crippen molar-refractivity contribution in [3.05, 3.63) is 6.33 Å². The average Bonchev–Trinajstić information content (AvgIpc) is 2.91. The molecule has 0 radical (unpaired) electrons. The van der Waals surface area contributed by atoms with Gasteiger partial charge in [0.1, 0.15) is 6.33 Å². The van der Waals surface area contributed by atoms with Crippen LogP contribution in [0.25, 0.3) is 0 Å². The van der Waals surface area contributed by atoms with Gasteiger partial charge in [0.25, 0.3) is 0 Å². The first-order valence-corrected chi connectivity index (χ1v) is 7.46. The molecule has 1 aliphatic rings. The van der Waals surface area contributed by atoms with E-state index in [0.29, 0.717) is 12.5 Å². The molecule has 1 aromatic heterocycles. The highest BCUT2D eigenvalue weighted by atomic mass is 16.2. The normalized spacial score (nSPS) is 20.1. The van der Waals surface area contributed by atoms with Crippen LogP contribution in [-0.4, -0.2) is 44.6 Å². The fourth-order valence-corrected chi connectivity index (χ4v) is 2.50. The molecule has 7 heteroatoms. The zero-order valence-electron chi connectivity index (χ0n) is 12.9. The molecule has 0 spiro atoms. The van der Waals surface area contributed by atoms with Gasteiger partial charge in [-0.1, -0.05) is 13.8 Å². The number of nitrogens with one attached hydrogen (secondary N) is 1. The van der Waals surface area contributed by atoms with E-state index in [1.165, 1.54) is 11.0 Å². The van der Waals surface area contributed by atoms with Crippen molar-refractivity contribution in [3.63, 3.8) is 0 Å². The van der Waals surface area contributed by atoms with Crippen molar-refractivity contribution in [1.29, 1.82) is 0 Å². The first-order valence-electron chi connectivity index (χ1n) is 7.46. The molecule has 0 bridgehead atoms. The summed E-state index contributed by atoms with van der Waals surface area (Å²) in [5.41, 5.74) is 0. The van der Waals surface area contributed by atoms with Gasteiger partial charge in [0, 0.05) is 26.1 Å². The van der Waals surface area contributed by atoms with E-state index in [1.807, 2.05) is 18.7 Å². The molecule has 0 aromatic carbocycles. The fourth-order valence-electron chi connectivity index (χ4n) is 2.50. The summed E-state index contributed by atoms with van der Waals surface area (Å²) in [7, 11) is 1.72. The maximum absolute atomic E-state index is 12.3. The Bertz CT molecular complexity index is 513. The first kappa shape index (κ1) is 15.5. The Balaban J connectivity index is 1.96. The summed E-state index contributed by atoms with van der Waals surface area (Å²) in [5, 5.41) is 6.69. The van der Waals surface area contributed by atoms with Crippen LogP contribution < -0.4 is 5.32 Å². The van der Waals surface area contributed by atoms with Crippen molar-refractivity contribution >= 4 is 17.8 Å². The molecule has 1 saturated heterocycles. The molecule has 21 heavy (non-hydrogen) atoms. The molecule has 1 N–H and O–H groups in total. The van der Waals surface area contributed by atoms with Crippen molar-refractivity contribution in [3.8, 4) is 0 Å². The second-order valence-corrected chi connectivity index (χ2v) is 5.63. The summed E-state index contributed by atoms with van der Waals surface area (Å²) in [6.45, 7) is 5.18. The highest BCUT2D eigenvalue weighted by Gasteiger charge is 2.30. The van der Waals surface area contributed by atoms with E-state index < -0.39 is 0 Å². The minimum absolute atomic E-state index is 0.0190. The van der Waals surface area contributed by atoms with Crippen LogP contribution in [0.4, 0.5) is 5.95 Å². The second-order valence-electron chi connectivity index (χ2n) is 5.63. The van der Waals surface area contributed by atoms with Crippen LogP contribution in [-0.2, 0) is 16.6 Å². The standard InChI is InChI=1S/C14H23N5O2/c1-4-10(2)13(21)19-7-5-6-11(8-19)12(20)17-14-15-9-16-18(14)3/h9-11H,4-8H2,1-3H3,(H,15,16,17,20)/t10-,11-/m0/s1. The third-order valence-corrected chi connectivity index (χ3v) is 4.08. The average molecular weight is 293 g/mol. The summed E-state index contributed by atoms with van der Waals surface area (Å²) in [4.78, 5) is 30.3. The molecule has 0 unspecified atom stereocenters. The molecule has 116 valence electrons. The maximum atomic E-state index is 12.3. The van der Waals surface area contributed by atoms with Gasteiger partial charge in [-0.05, 0) is 19.3 Å². The van der Waals surface area contributed by atoms with E-state index in [4.69, 9.17) is 0 Å². The molecule has 1 aliphatic heterocycles. The van der Waals surface area contributed by atoms with Crippen LogP contribution >= 0.6 is 0 Å². The van der Waals surface area contributed by atoms with Crippen LogP contribution in [0.15, 0.2) is 6.33 Å². The molecule has 0 saturated carbocycles. The number of likely N-dealkylation sites (tertiary alicyclic amines) is 1. The van der Waals surface area contributed by atoms with E-state index in [0.717, 1.165) is 25.8 Å². The zero-order valence-corrected chi connectivity index (χ0v) is 12.9. The zero-order chi connectivity index (χ0) is 15.4. The molecule has 2 amide bonds. The smallest absolute Gasteiger partial charge is 0.231 e. The summed E-state index contributed by atoms with van der Waals surface area (Å²) in [6.07, 6.45) is 3.88. The van der Waals surface area contributed by atoms with E-state index >= 15 is 0 Å². The van der Waals surface area contributed by atoms with Gasteiger partial charge in [0.2, 0.25) is 17.8 Å². The number of aryl methyl sites for hydroxylation is 1. The van der Waals surface area contributed by atoms with Crippen molar-refractivity contribution in [2.45, 2.75) is 33.1 Å². The fraction of sp³-hybridized carbons (Fsp3) is 0.714. The van der Waals surface area contributed by atoms with Crippen molar-refractivity contribution in [1.82, 2.24) is 19.7 Å². The highest BCUT2D eigenvalue weighted by molar-refractivity contribution is 5.91. The van der Waals surface area contributed by atoms with E-state index in [9.17, 15) is 9.59 Å². The van der Waals surface area contributed by atoms with Crippen molar-refractivity contribution in [2.75, 3.05) is 18.4 Å². The predicted molar refractivity (Wildman–Crippen MR) is 78.4 cm³/mol. The van der Waals surface area contributed by atoms with Crippen molar-refractivity contribution < 1.29 is 9.59 Å². The summed E-state index contributed by atoms with van der Waals surface area (Å²) in [5.74, 6) is 0.334. The number of carbonyl (C=O) groups is 2. The lowest BCUT2D eigenvalue weighted by Crippen LogP contribution is -2.45. The number of amides is 2. The molecule has 1 aromatic rings. The number of carbonyl (C=O) groups excluding carboxylic acids is 2. The third-order valence-electron chi connectivity index (χ3n) is 4.08. The lowest BCUT2D eigenvalue weighted by molar-refractivity contribution is -0.138. The number of aromatic nitrogens is 3. The first-order chi connectivity index (χ1) is 10.0. The maximum Gasteiger partial charge on any atom is 0.231 e. The van der Waals surface area contributed by atoms with E-state index in [1.54, 1.807) is 7.05 Å². The van der Waals surface area contributed by atoms with Gasteiger partial charge in [0.05, 0.1) is 5.92 Å². The Labute approximate surface area is 124 Å². The van der Waals surface area contributed by atoms with Gasteiger partial charge in [-0.15, -0.1) is 0 Å². The van der Waals surface area contributed by atoms with Gasteiger partial charge in [-0.3, -0.25) is 14.9 Å². The SMILES string of the molecule is CC[C@H](C)C(=O)N1CCC[C@H](C(=O)Nc2ncnn2C)C1. The topological polar surface area (TPSA) is 80.1 Å². The number of nitrogens with zero attached hydrogens (tertiary/aromatic N) is 4. The van der Waals surface area contributed by atoms with Gasteiger partial charge >= 0.3 is 0 Å². The number of rotatable bonds is 4. The largest absolute Gasteiger partial charge is 0.342 e. The Morgan fingerprint density at radius 3 is 2.90 bits per heavy atom. The highest BCUT2D eigenvalue weighted by Crippen LogP contribution is 2.20. The lowest BCUT2D eigenvalue weighted by atomic mass is 9.95. The predicted octanol–water partition coefficient (Wildman–Crippen LogP) is 1.04. The lowest BCUT2D eigenvalue weighted by Gasteiger charge is -2.33. The minimum atomic E-state index is -0.177. The van der Waals surface area contributed by atoms with Crippen LogP contribution in [0, 0.1) is 11.8 Å². The summed E-state index contributed by atoms with van der Waals surface area (Å²) in [6, 6.07) is 0. The van der Waals surface area contributed by atoms with Crippen LogP contribution in [0.3, 0.4) is 0 Å². The minimum Gasteiger partial charge on any atom is -0.342 e. The Morgan fingerprint density at radius 2 is 2.29 bits per heavy atom. The van der Waals surface area contributed by atoms with Crippen LogP contribution in [0.2, 0.25) is 0 Å². The second kappa shape index (κ2) is 6.69. The van der Waals surface area contributed by atoms with Gasteiger partial charge in [0.15, 0.2) is 0 Å². The molecule has 2 rings (SSSR count). The summed E-state index contributed by atoms with van der Waals surface area (Å²) < 4.78 is 1.52. The Morgan fingerprint density at radius 1 is 1.52 bits per heavy atom. The monoisotopic (exact) mass is 293 g/mol. The molecule has 7 nitrogen and oxygen atoms in total. The van der Waals surface area contributed by atoms with E-state index in [2.05, 4.69) is 15.4 Å². The molecule has 2 heterocycles. The number of anilines is 1. The Kier molecular flexibility index (Phi) is 4.93. The summed E-state index contributed by atoms with van der Waals surface area (Å²) >= 11 is 0. The molecule has 2 atom stereocenters. The molecular formula is C14H23N5O2. The van der Waals surface area contributed by atoms with E-state index in [-0.39, 0.29) is 23.7 Å². The van der Waals surface area contributed by atoms with Crippen molar-refractivity contribution in [2.24, 2.45) is 18.9 Å². The molecule has 1 fully saturated rings. The molecule has 0 aliphatic carbocycles. The van der Waals surface area contributed by atoms with Gasteiger partial charge in [-0.25, -0.2) is 4.68 Å². The molecular weight excluding hydrogens is 270 g/mol.